The van der Waals surface area contributed by atoms with E-state index in [9.17, 15) is 18.0 Å². The summed E-state index contributed by atoms with van der Waals surface area (Å²) in [5.41, 5.74) is 0.866. The molecule has 0 unspecified atom stereocenters. The minimum Gasteiger partial charge on any atom is -0.493 e. The smallest absolute Gasteiger partial charge is 0.387 e. The summed E-state index contributed by atoms with van der Waals surface area (Å²) in [5, 5.41) is 2.83. The highest BCUT2D eigenvalue weighted by molar-refractivity contribution is 7.99. The highest BCUT2D eigenvalue weighted by Crippen LogP contribution is 2.37. The number of halogens is 3. The van der Waals surface area contributed by atoms with Crippen molar-refractivity contribution >= 4 is 17.7 Å². The number of thioether (sulfide) groups is 1. The van der Waals surface area contributed by atoms with E-state index in [1.807, 2.05) is 0 Å². The maximum atomic E-state index is 13.6. The number of carbonyl (C=O) groups is 1. The van der Waals surface area contributed by atoms with Crippen molar-refractivity contribution in [2.75, 3.05) is 12.9 Å². The van der Waals surface area contributed by atoms with Gasteiger partial charge in [0.15, 0.2) is 11.5 Å². The first-order valence-corrected chi connectivity index (χ1v) is 8.82. The van der Waals surface area contributed by atoms with Crippen LogP contribution in [0.1, 0.15) is 28.4 Å². The van der Waals surface area contributed by atoms with E-state index in [1.54, 1.807) is 17.8 Å². The largest absolute Gasteiger partial charge is 0.493 e. The van der Waals surface area contributed by atoms with Gasteiger partial charge in [0.05, 0.1) is 13.2 Å². The number of hydrogen-bond acceptors (Lipinski definition) is 4. The monoisotopic (exact) mass is 383 g/mol. The van der Waals surface area contributed by atoms with Gasteiger partial charge in [-0.05, 0) is 48.4 Å². The Morgan fingerprint density at radius 1 is 1.23 bits per heavy atom. The minimum atomic E-state index is -3.03. The molecule has 0 saturated heterocycles. The predicted octanol–water partition coefficient (Wildman–Crippen LogP) is 4.40. The Hall–Kier alpha value is -2.35. The first-order chi connectivity index (χ1) is 12.5. The molecule has 2 aromatic rings. The number of nitrogens with one attached hydrogen (secondary N) is 1. The second kappa shape index (κ2) is 7.90. The summed E-state index contributed by atoms with van der Waals surface area (Å²) in [6.45, 7) is -3.03. The van der Waals surface area contributed by atoms with Crippen LogP contribution < -0.4 is 14.8 Å². The Morgan fingerprint density at radius 2 is 2.04 bits per heavy atom. The number of amides is 1. The second-order valence-electron chi connectivity index (χ2n) is 5.59. The molecule has 0 aromatic heterocycles. The molecule has 1 N–H and O–H groups in total. The van der Waals surface area contributed by atoms with Crippen LogP contribution in [0.5, 0.6) is 11.5 Å². The predicted molar refractivity (Wildman–Crippen MR) is 91.6 cm³/mol. The van der Waals surface area contributed by atoms with Crippen molar-refractivity contribution in [2.24, 2.45) is 0 Å². The molecule has 1 amide bonds. The Morgan fingerprint density at radius 3 is 2.77 bits per heavy atom. The lowest BCUT2D eigenvalue weighted by atomic mass is 10.0. The summed E-state index contributed by atoms with van der Waals surface area (Å²) in [7, 11) is 1.32. The molecule has 0 radical (unpaired) electrons. The van der Waals surface area contributed by atoms with Crippen molar-refractivity contribution in [1.82, 2.24) is 5.32 Å². The third-order valence-corrected chi connectivity index (χ3v) is 5.08. The lowest BCUT2D eigenvalue weighted by Gasteiger charge is -2.26. The summed E-state index contributed by atoms with van der Waals surface area (Å²) < 4.78 is 48.0. The Labute approximate surface area is 152 Å². The zero-order valence-corrected chi connectivity index (χ0v) is 14.6. The lowest BCUT2D eigenvalue weighted by molar-refractivity contribution is -0.0512. The maximum absolute atomic E-state index is 13.6. The van der Waals surface area contributed by atoms with Crippen LogP contribution in [0.15, 0.2) is 41.3 Å². The molecular weight excluding hydrogens is 367 g/mol. The van der Waals surface area contributed by atoms with Crippen LogP contribution in [0.4, 0.5) is 13.2 Å². The van der Waals surface area contributed by atoms with Crippen LogP contribution in [-0.4, -0.2) is 25.4 Å². The number of fused-ring (bicyclic) bond motifs is 1. The van der Waals surface area contributed by atoms with Crippen molar-refractivity contribution in [3.8, 4) is 11.5 Å². The summed E-state index contributed by atoms with van der Waals surface area (Å²) in [5.74, 6) is -0.170. The average Bonchev–Trinajstić information content (AvgIpc) is 2.61. The summed E-state index contributed by atoms with van der Waals surface area (Å²) in [4.78, 5) is 13.5. The fourth-order valence-corrected chi connectivity index (χ4v) is 3.87. The summed E-state index contributed by atoms with van der Waals surface area (Å²) >= 11 is 1.60. The van der Waals surface area contributed by atoms with E-state index in [4.69, 9.17) is 4.74 Å². The van der Waals surface area contributed by atoms with Crippen LogP contribution >= 0.6 is 11.8 Å². The number of hydrogen-bond donors (Lipinski definition) is 1. The molecule has 1 aliphatic heterocycles. The number of carbonyl (C=O) groups excluding carboxylic acids is 1. The molecule has 0 saturated carbocycles. The molecule has 26 heavy (non-hydrogen) atoms. The Kier molecular flexibility index (Phi) is 5.61. The molecule has 0 aliphatic carbocycles. The van der Waals surface area contributed by atoms with E-state index in [1.165, 1.54) is 37.4 Å². The number of alkyl halides is 2. The highest BCUT2D eigenvalue weighted by atomic mass is 32.2. The molecule has 2 aromatic carbocycles. The van der Waals surface area contributed by atoms with Crippen LogP contribution in [0, 0.1) is 5.82 Å². The van der Waals surface area contributed by atoms with Gasteiger partial charge in [0.2, 0.25) is 0 Å². The number of methoxy groups -OCH3 is 1. The van der Waals surface area contributed by atoms with Crippen LogP contribution in [0.3, 0.4) is 0 Å². The van der Waals surface area contributed by atoms with Gasteiger partial charge in [0, 0.05) is 16.2 Å². The normalized spacial score (nSPS) is 16.1. The van der Waals surface area contributed by atoms with Gasteiger partial charge in [0.25, 0.3) is 5.91 Å². The maximum Gasteiger partial charge on any atom is 0.387 e. The summed E-state index contributed by atoms with van der Waals surface area (Å²) in [6, 6.07) is 8.17. The molecule has 1 atom stereocenters. The van der Waals surface area contributed by atoms with Gasteiger partial charge in [0.1, 0.15) is 5.82 Å². The Balaban J connectivity index is 1.82. The molecule has 0 spiro atoms. The SMILES string of the molecule is COc1ccc(C(=O)N[C@H]2CCSc3ccc(F)cc32)cc1OC(F)F. The standard InChI is InChI=1S/C18H16F3NO3S/c1-24-14-4-2-10(8-15(14)25-18(20)21)17(23)22-13-6-7-26-16-5-3-11(19)9-12(13)16/h2-5,8-9,13,18H,6-7H2,1H3,(H,22,23)/t13-/m0/s1. The van der Waals surface area contributed by atoms with Gasteiger partial charge < -0.3 is 14.8 Å². The number of ether oxygens (including phenoxy) is 2. The third kappa shape index (κ3) is 4.07. The lowest BCUT2D eigenvalue weighted by Crippen LogP contribution is -2.30. The van der Waals surface area contributed by atoms with E-state index >= 15 is 0 Å². The molecule has 4 nitrogen and oxygen atoms in total. The van der Waals surface area contributed by atoms with Crippen molar-refractivity contribution in [2.45, 2.75) is 24.0 Å². The van der Waals surface area contributed by atoms with Crippen molar-refractivity contribution in [1.29, 1.82) is 0 Å². The third-order valence-electron chi connectivity index (χ3n) is 3.96. The fourth-order valence-electron chi connectivity index (χ4n) is 2.76. The molecule has 8 heteroatoms. The molecular formula is C18H16F3NO3S. The van der Waals surface area contributed by atoms with Crippen LogP contribution in [-0.2, 0) is 0 Å². The number of rotatable bonds is 5. The molecule has 3 rings (SSSR count). The summed E-state index contributed by atoms with van der Waals surface area (Å²) in [6.07, 6.45) is 0.642. The molecule has 1 aliphatic rings. The minimum absolute atomic E-state index is 0.100. The topological polar surface area (TPSA) is 47.6 Å². The highest BCUT2D eigenvalue weighted by Gasteiger charge is 2.24. The fraction of sp³-hybridized carbons (Fsp3) is 0.278. The quantitative estimate of drug-likeness (QED) is 0.831. The molecule has 1 heterocycles. The van der Waals surface area contributed by atoms with E-state index in [0.29, 0.717) is 12.0 Å². The molecule has 0 fully saturated rings. The van der Waals surface area contributed by atoms with Crippen LogP contribution in [0.2, 0.25) is 0 Å². The first kappa shape index (κ1) is 18.4. The van der Waals surface area contributed by atoms with E-state index in [2.05, 4.69) is 10.1 Å². The average molecular weight is 383 g/mol. The zero-order chi connectivity index (χ0) is 18.7. The zero-order valence-electron chi connectivity index (χ0n) is 13.8. The van der Waals surface area contributed by atoms with E-state index < -0.39 is 12.5 Å². The number of benzene rings is 2. The van der Waals surface area contributed by atoms with E-state index in [-0.39, 0.29) is 28.9 Å². The van der Waals surface area contributed by atoms with Gasteiger partial charge in [-0.1, -0.05) is 0 Å². The van der Waals surface area contributed by atoms with Crippen LogP contribution in [0.25, 0.3) is 0 Å². The van der Waals surface area contributed by atoms with Gasteiger partial charge in [-0.15, -0.1) is 11.8 Å². The molecule has 0 bridgehead atoms. The second-order valence-corrected chi connectivity index (χ2v) is 6.73. The first-order valence-electron chi connectivity index (χ1n) is 7.84. The van der Waals surface area contributed by atoms with Gasteiger partial charge in [-0.3, -0.25) is 4.79 Å². The van der Waals surface area contributed by atoms with Crippen molar-refractivity contribution in [3.63, 3.8) is 0 Å². The van der Waals surface area contributed by atoms with E-state index in [0.717, 1.165) is 10.6 Å². The Bertz CT molecular complexity index is 816. The van der Waals surface area contributed by atoms with Gasteiger partial charge in [-0.25, -0.2) is 4.39 Å². The van der Waals surface area contributed by atoms with Gasteiger partial charge >= 0.3 is 6.61 Å². The van der Waals surface area contributed by atoms with Gasteiger partial charge in [-0.2, -0.15) is 8.78 Å². The van der Waals surface area contributed by atoms with Crippen molar-refractivity contribution < 1.29 is 27.4 Å². The molecule has 138 valence electrons. The van der Waals surface area contributed by atoms with Crippen molar-refractivity contribution in [3.05, 3.63) is 53.3 Å².